The van der Waals surface area contributed by atoms with Crippen molar-refractivity contribution in [2.75, 3.05) is 12.3 Å². The summed E-state index contributed by atoms with van der Waals surface area (Å²) < 4.78 is 18.1. The molecule has 0 spiro atoms. The lowest BCUT2D eigenvalue weighted by molar-refractivity contribution is 0.0954. The molecule has 0 aliphatic carbocycles. The van der Waals surface area contributed by atoms with Crippen LogP contribution in [0.3, 0.4) is 0 Å². The number of rotatable bonds is 6. The van der Waals surface area contributed by atoms with Crippen molar-refractivity contribution >= 4 is 17.7 Å². The van der Waals surface area contributed by atoms with E-state index in [1.165, 1.54) is 12.1 Å². The highest BCUT2D eigenvalue weighted by Gasteiger charge is 2.12. The molecule has 0 saturated carbocycles. The molecule has 0 aliphatic heterocycles. The lowest BCUT2D eigenvalue weighted by Gasteiger charge is -2.04. The third kappa shape index (κ3) is 4.63. The minimum atomic E-state index is -0.221. The average molecular weight is 307 g/mol. The zero-order valence-corrected chi connectivity index (χ0v) is 12.9. The molecule has 1 aromatic carbocycles. The Labute approximate surface area is 127 Å². The van der Waals surface area contributed by atoms with Crippen molar-refractivity contribution < 1.29 is 13.6 Å². The van der Waals surface area contributed by atoms with E-state index in [4.69, 9.17) is 4.42 Å². The van der Waals surface area contributed by atoms with Crippen LogP contribution in [0.4, 0.5) is 4.39 Å². The van der Waals surface area contributed by atoms with Crippen LogP contribution in [-0.2, 0) is 5.75 Å². The van der Waals surface area contributed by atoms with Gasteiger partial charge >= 0.3 is 0 Å². The first-order valence-electron chi connectivity index (χ1n) is 6.73. The summed E-state index contributed by atoms with van der Waals surface area (Å²) in [5.74, 6) is 2.67. The molecule has 21 heavy (non-hydrogen) atoms. The Morgan fingerprint density at radius 1 is 1.29 bits per heavy atom. The molecule has 0 atom stereocenters. The summed E-state index contributed by atoms with van der Waals surface area (Å²) in [6, 6.07) is 8.22. The van der Waals surface area contributed by atoms with Crippen molar-refractivity contribution in [1.82, 2.24) is 5.32 Å². The van der Waals surface area contributed by atoms with Gasteiger partial charge in [0, 0.05) is 18.1 Å². The van der Waals surface area contributed by atoms with E-state index in [1.54, 1.807) is 36.9 Å². The van der Waals surface area contributed by atoms with Gasteiger partial charge in [0.1, 0.15) is 17.3 Å². The number of hydrogen-bond acceptors (Lipinski definition) is 3. The number of furan rings is 1. The standard InChI is InChI=1S/C16H18FNO2S/c1-11-9-15(12(2)20-11)16(19)18-7-8-21-10-13-3-5-14(17)6-4-13/h3-6,9H,7-8,10H2,1-2H3,(H,18,19). The summed E-state index contributed by atoms with van der Waals surface area (Å²) in [6.07, 6.45) is 0. The fourth-order valence-corrected chi connectivity index (χ4v) is 2.78. The van der Waals surface area contributed by atoms with Crippen molar-refractivity contribution in [3.05, 3.63) is 58.8 Å². The number of benzene rings is 1. The molecule has 2 rings (SSSR count). The second-order valence-electron chi connectivity index (χ2n) is 4.76. The van der Waals surface area contributed by atoms with Crippen molar-refractivity contribution in [3.8, 4) is 0 Å². The molecule has 0 bridgehead atoms. The third-order valence-corrected chi connectivity index (χ3v) is 4.03. The SMILES string of the molecule is Cc1cc(C(=O)NCCSCc2ccc(F)cc2)c(C)o1. The van der Waals surface area contributed by atoms with Gasteiger partial charge in [-0.3, -0.25) is 4.79 Å². The quantitative estimate of drug-likeness (QED) is 0.827. The molecular formula is C16H18FNO2S. The highest BCUT2D eigenvalue weighted by atomic mass is 32.2. The van der Waals surface area contributed by atoms with E-state index >= 15 is 0 Å². The largest absolute Gasteiger partial charge is 0.466 e. The van der Waals surface area contributed by atoms with Crippen LogP contribution in [0.25, 0.3) is 0 Å². The van der Waals surface area contributed by atoms with Gasteiger partial charge in [0.15, 0.2) is 0 Å². The predicted octanol–water partition coefficient (Wildman–Crippen LogP) is 3.70. The van der Waals surface area contributed by atoms with E-state index in [1.807, 2.05) is 6.92 Å². The molecule has 112 valence electrons. The highest BCUT2D eigenvalue weighted by Crippen LogP contribution is 2.14. The normalized spacial score (nSPS) is 10.6. The van der Waals surface area contributed by atoms with Crippen LogP contribution in [0.5, 0.6) is 0 Å². The number of aryl methyl sites for hydroxylation is 2. The maximum atomic E-state index is 12.8. The Kier molecular flexibility index (Phi) is 5.44. The second kappa shape index (κ2) is 7.31. The molecule has 0 aliphatic rings. The molecular weight excluding hydrogens is 289 g/mol. The molecule has 1 amide bonds. The number of nitrogens with one attached hydrogen (secondary N) is 1. The van der Waals surface area contributed by atoms with E-state index in [-0.39, 0.29) is 11.7 Å². The first kappa shape index (κ1) is 15.6. The smallest absolute Gasteiger partial charge is 0.254 e. The number of hydrogen-bond donors (Lipinski definition) is 1. The van der Waals surface area contributed by atoms with Crippen LogP contribution in [0.1, 0.15) is 27.4 Å². The fraction of sp³-hybridized carbons (Fsp3) is 0.312. The van der Waals surface area contributed by atoms with E-state index in [0.29, 0.717) is 17.9 Å². The van der Waals surface area contributed by atoms with Crippen LogP contribution < -0.4 is 5.32 Å². The molecule has 3 nitrogen and oxygen atoms in total. The first-order chi connectivity index (χ1) is 10.1. The molecule has 1 heterocycles. The fourth-order valence-electron chi connectivity index (χ4n) is 1.96. The Bertz CT molecular complexity index is 607. The van der Waals surface area contributed by atoms with Crippen LogP contribution >= 0.6 is 11.8 Å². The van der Waals surface area contributed by atoms with Crippen molar-refractivity contribution in [1.29, 1.82) is 0 Å². The zero-order chi connectivity index (χ0) is 15.2. The molecule has 0 fully saturated rings. The van der Waals surface area contributed by atoms with Crippen molar-refractivity contribution in [2.24, 2.45) is 0 Å². The minimum Gasteiger partial charge on any atom is -0.466 e. The third-order valence-electron chi connectivity index (χ3n) is 3.00. The molecule has 5 heteroatoms. The van der Waals surface area contributed by atoms with Gasteiger partial charge in [0.05, 0.1) is 5.56 Å². The van der Waals surface area contributed by atoms with E-state index < -0.39 is 0 Å². The molecule has 1 N–H and O–H groups in total. The maximum Gasteiger partial charge on any atom is 0.254 e. The number of carbonyl (C=O) groups excluding carboxylic acids is 1. The van der Waals surface area contributed by atoms with Gasteiger partial charge in [-0.15, -0.1) is 0 Å². The Balaban J connectivity index is 1.69. The molecule has 0 radical (unpaired) electrons. The van der Waals surface area contributed by atoms with Gasteiger partial charge in [-0.05, 0) is 37.6 Å². The van der Waals surface area contributed by atoms with Crippen molar-refractivity contribution in [3.63, 3.8) is 0 Å². The molecule has 2 aromatic rings. The lowest BCUT2D eigenvalue weighted by Crippen LogP contribution is -2.25. The van der Waals surface area contributed by atoms with Crippen LogP contribution in [0.2, 0.25) is 0 Å². The predicted molar refractivity (Wildman–Crippen MR) is 83.1 cm³/mol. The number of carbonyl (C=O) groups is 1. The van der Waals surface area contributed by atoms with E-state index in [9.17, 15) is 9.18 Å². The van der Waals surface area contributed by atoms with Crippen LogP contribution in [0, 0.1) is 19.7 Å². The summed E-state index contributed by atoms with van der Waals surface area (Å²) in [4.78, 5) is 11.9. The van der Waals surface area contributed by atoms with Gasteiger partial charge < -0.3 is 9.73 Å². The number of amides is 1. The lowest BCUT2D eigenvalue weighted by atomic mass is 10.2. The first-order valence-corrected chi connectivity index (χ1v) is 7.89. The molecule has 0 unspecified atom stereocenters. The topological polar surface area (TPSA) is 42.2 Å². The summed E-state index contributed by atoms with van der Waals surface area (Å²) in [5.41, 5.74) is 1.67. The van der Waals surface area contributed by atoms with Gasteiger partial charge in [-0.25, -0.2) is 4.39 Å². The van der Waals surface area contributed by atoms with Gasteiger partial charge in [0.25, 0.3) is 5.91 Å². The highest BCUT2D eigenvalue weighted by molar-refractivity contribution is 7.98. The summed E-state index contributed by atoms with van der Waals surface area (Å²) in [7, 11) is 0. The van der Waals surface area contributed by atoms with E-state index in [0.717, 1.165) is 22.8 Å². The monoisotopic (exact) mass is 307 g/mol. The van der Waals surface area contributed by atoms with Gasteiger partial charge in [-0.1, -0.05) is 12.1 Å². The van der Waals surface area contributed by atoms with Crippen molar-refractivity contribution in [2.45, 2.75) is 19.6 Å². The maximum absolute atomic E-state index is 12.8. The Morgan fingerprint density at radius 2 is 2.00 bits per heavy atom. The Hall–Kier alpha value is -1.75. The number of halogens is 1. The number of thioether (sulfide) groups is 1. The minimum absolute atomic E-state index is 0.105. The van der Waals surface area contributed by atoms with Crippen LogP contribution in [0.15, 0.2) is 34.7 Å². The molecule has 0 saturated heterocycles. The summed E-state index contributed by atoms with van der Waals surface area (Å²) in [6.45, 7) is 4.20. The second-order valence-corrected chi connectivity index (χ2v) is 5.87. The molecule has 1 aromatic heterocycles. The zero-order valence-electron chi connectivity index (χ0n) is 12.1. The summed E-state index contributed by atoms with van der Waals surface area (Å²) in [5, 5.41) is 2.87. The average Bonchev–Trinajstić information content (AvgIpc) is 2.79. The van der Waals surface area contributed by atoms with E-state index in [2.05, 4.69) is 5.32 Å². The van der Waals surface area contributed by atoms with Crippen LogP contribution in [-0.4, -0.2) is 18.2 Å². The Morgan fingerprint density at radius 3 is 2.62 bits per heavy atom. The van der Waals surface area contributed by atoms with Gasteiger partial charge in [-0.2, -0.15) is 11.8 Å². The van der Waals surface area contributed by atoms with Gasteiger partial charge in [0.2, 0.25) is 0 Å². The summed E-state index contributed by atoms with van der Waals surface area (Å²) >= 11 is 1.70.